The molecule has 1 aliphatic rings. The molecular formula is C21H35N5O4. The molecule has 5 N–H and O–H groups in total. The normalized spacial score (nSPS) is 18.9. The van der Waals surface area contributed by atoms with Gasteiger partial charge in [-0.1, -0.05) is 33.6 Å². The van der Waals surface area contributed by atoms with Crippen LogP contribution in [0.4, 0.5) is 0 Å². The fourth-order valence-electron chi connectivity index (χ4n) is 2.76. The van der Waals surface area contributed by atoms with E-state index in [1.165, 1.54) is 6.42 Å². The van der Waals surface area contributed by atoms with Gasteiger partial charge in [0.05, 0.1) is 30.8 Å². The molecule has 1 aromatic heterocycles. The van der Waals surface area contributed by atoms with Gasteiger partial charge in [0.2, 0.25) is 5.91 Å². The van der Waals surface area contributed by atoms with Crippen LogP contribution in [-0.4, -0.2) is 48.3 Å². The number of carbonyl (C=O) groups is 2. The standard InChI is InChI=1S/C18H27N5O4.C3H8/c1-2-3-4-16(24)23-18(21-11-20)14-7-6-13(22-14)15-8-5-12(27-15)10-26-17(25)9-19;1-3-2/h6-7,11-12,15,22H,2-5,8-10,19H2,1H3,(H2,20,21,23,24);3H2,1-2H3. The zero-order valence-corrected chi connectivity index (χ0v) is 18.2. The van der Waals surface area contributed by atoms with E-state index in [0.29, 0.717) is 12.1 Å². The highest BCUT2D eigenvalue weighted by atomic mass is 16.6. The highest BCUT2D eigenvalue weighted by Gasteiger charge is 2.28. The van der Waals surface area contributed by atoms with E-state index in [-0.39, 0.29) is 37.1 Å². The van der Waals surface area contributed by atoms with Crippen molar-refractivity contribution >= 4 is 24.1 Å². The summed E-state index contributed by atoms with van der Waals surface area (Å²) in [4.78, 5) is 34.3. The van der Waals surface area contributed by atoms with E-state index in [0.717, 1.165) is 37.7 Å². The predicted molar refractivity (Wildman–Crippen MR) is 117 cm³/mol. The molecule has 2 atom stereocenters. The number of esters is 1. The first-order chi connectivity index (χ1) is 14.5. The van der Waals surface area contributed by atoms with E-state index in [2.05, 4.69) is 28.8 Å². The van der Waals surface area contributed by atoms with E-state index in [1.54, 1.807) is 6.07 Å². The highest BCUT2D eigenvalue weighted by molar-refractivity contribution is 6.06. The molecule has 2 rings (SSSR count). The van der Waals surface area contributed by atoms with Crippen molar-refractivity contribution in [1.29, 1.82) is 0 Å². The molecular weight excluding hydrogens is 386 g/mol. The average molecular weight is 422 g/mol. The Morgan fingerprint density at radius 3 is 2.67 bits per heavy atom. The molecule has 0 radical (unpaired) electrons. The zero-order chi connectivity index (χ0) is 22.4. The molecule has 0 spiro atoms. The van der Waals surface area contributed by atoms with E-state index in [1.807, 2.05) is 13.0 Å². The van der Waals surface area contributed by atoms with Crippen molar-refractivity contribution < 1.29 is 19.1 Å². The van der Waals surface area contributed by atoms with Gasteiger partial charge in [-0.25, -0.2) is 4.99 Å². The van der Waals surface area contributed by atoms with Gasteiger partial charge in [-0.2, -0.15) is 4.99 Å². The van der Waals surface area contributed by atoms with E-state index in [9.17, 15) is 9.59 Å². The Kier molecular flexibility index (Phi) is 12.3. The summed E-state index contributed by atoms with van der Waals surface area (Å²) in [6, 6.07) is 3.66. The van der Waals surface area contributed by atoms with Crippen LogP contribution in [0.15, 0.2) is 22.1 Å². The topological polar surface area (TPSA) is 145 Å². The van der Waals surface area contributed by atoms with Gasteiger partial charge in [0.1, 0.15) is 6.61 Å². The van der Waals surface area contributed by atoms with Crippen LogP contribution in [0.1, 0.15) is 76.8 Å². The van der Waals surface area contributed by atoms with Crippen molar-refractivity contribution in [3.8, 4) is 0 Å². The average Bonchev–Trinajstić information content (AvgIpc) is 3.40. The van der Waals surface area contributed by atoms with Crippen molar-refractivity contribution in [2.24, 2.45) is 21.5 Å². The largest absolute Gasteiger partial charge is 0.462 e. The fraction of sp³-hybridized carbons (Fsp3) is 0.619. The van der Waals surface area contributed by atoms with Crippen molar-refractivity contribution in [2.75, 3.05) is 13.2 Å². The number of nitrogens with zero attached hydrogens (tertiary/aromatic N) is 2. The quantitative estimate of drug-likeness (QED) is 0.334. The summed E-state index contributed by atoms with van der Waals surface area (Å²) in [6.07, 6.45) is 5.68. The van der Waals surface area contributed by atoms with Gasteiger partial charge >= 0.3 is 5.97 Å². The minimum absolute atomic E-state index is 0.142. The van der Waals surface area contributed by atoms with Gasteiger partial charge in [-0.15, -0.1) is 0 Å². The van der Waals surface area contributed by atoms with Crippen LogP contribution >= 0.6 is 0 Å². The van der Waals surface area contributed by atoms with E-state index >= 15 is 0 Å². The lowest BCUT2D eigenvalue weighted by molar-refractivity contribution is -0.145. The number of amidine groups is 1. The molecule has 1 fully saturated rings. The molecule has 1 aliphatic heterocycles. The SMILES string of the molecule is CCC.CCCCC(=O)N=C(N=CN)c1ccc(C2CCC(COC(=O)CN)O2)[nH]1. The summed E-state index contributed by atoms with van der Waals surface area (Å²) in [5.41, 5.74) is 12.0. The van der Waals surface area contributed by atoms with Crippen molar-refractivity contribution in [2.45, 2.75) is 71.5 Å². The zero-order valence-electron chi connectivity index (χ0n) is 18.2. The second-order valence-corrected chi connectivity index (χ2v) is 6.96. The molecule has 0 aliphatic carbocycles. The summed E-state index contributed by atoms with van der Waals surface area (Å²) in [5, 5.41) is 0. The van der Waals surface area contributed by atoms with Crippen LogP contribution in [0.2, 0.25) is 0 Å². The molecule has 1 aromatic rings. The number of unbranched alkanes of at least 4 members (excludes halogenated alkanes) is 1. The van der Waals surface area contributed by atoms with Gasteiger partial charge in [-0.05, 0) is 31.4 Å². The molecule has 0 aromatic carbocycles. The summed E-state index contributed by atoms with van der Waals surface area (Å²) in [5.74, 6) is -0.429. The van der Waals surface area contributed by atoms with Crippen molar-refractivity contribution in [1.82, 2.24) is 4.98 Å². The Hall–Kier alpha value is -2.52. The Morgan fingerprint density at radius 2 is 2.03 bits per heavy atom. The first-order valence-corrected chi connectivity index (χ1v) is 10.5. The number of ether oxygens (including phenoxy) is 2. The number of nitrogens with two attached hydrogens (primary N) is 2. The van der Waals surface area contributed by atoms with Crippen LogP contribution in [0.25, 0.3) is 0 Å². The molecule has 9 nitrogen and oxygen atoms in total. The summed E-state index contributed by atoms with van der Waals surface area (Å²) < 4.78 is 10.9. The van der Waals surface area contributed by atoms with Crippen LogP contribution in [0.5, 0.6) is 0 Å². The maximum absolute atomic E-state index is 11.9. The van der Waals surface area contributed by atoms with Crippen molar-refractivity contribution in [3.63, 3.8) is 0 Å². The lowest BCUT2D eigenvalue weighted by Crippen LogP contribution is -2.23. The number of aliphatic imine (C=N–C) groups is 2. The molecule has 0 saturated carbocycles. The Morgan fingerprint density at radius 1 is 1.30 bits per heavy atom. The number of aromatic nitrogens is 1. The number of amides is 1. The Balaban J connectivity index is 0.00000141. The number of aromatic amines is 1. The van der Waals surface area contributed by atoms with Gasteiger partial charge in [-0.3, -0.25) is 9.59 Å². The van der Waals surface area contributed by atoms with Gasteiger partial charge in [0.15, 0.2) is 5.84 Å². The van der Waals surface area contributed by atoms with E-state index < -0.39 is 5.97 Å². The third-order valence-electron chi connectivity index (χ3n) is 4.17. The van der Waals surface area contributed by atoms with Gasteiger partial charge in [0, 0.05) is 12.1 Å². The minimum atomic E-state index is -0.447. The van der Waals surface area contributed by atoms with Crippen LogP contribution in [-0.2, 0) is 19.1 Å². The van der Waals surface area contributed by atoms with Crippen molar-refractivity contribution in [3.05, 3.63) is 23.5 Å². The molecule has 2 unspecified atom stereocenters. The van der Waals surface area contributed by atoms with Crippen LogP contribution in [0, 0.1) is 0 Å². The molecule has 168 valence electrons. The number of hydrogen-bond donors (Lipinski definition) is 3. The summed E-state index contributed by atoms with van der Waals surface area (Å²) >= 11 is 0. The Bertz CT molecular complexity index is 714. The summed E-state index contributed by atoms with van der Waals surface area (Å²) in [6.45, 7) is 6.31. The number of nitrogens with one attached hydrogen (secondary N) is 1. The van der Waals surface area contributed by atoms with Gasteiger partial charge in [0.25, 0.3) is 0 Å². The van der Waals surface area contributed by atoms with Crippen LogP contribution < -0.4 is 11.5 Å². The first kappa shape index (κ1) is 25.5. The number of carbonyl (C=O) groups excluding carboxylic acids is 2. The maximum atomic E-state index is 11.9. The van der Waals surface area contributed by atoms with E-state index in [4.69, 9.17) is 20.9 Å². The number of rotatable bonds is 8. The maximum Gasteiger partial charge on any atom is 0.319 e. The Labute approximate surface area is 178 Å². The number of H-pyrrole nitrogens is 1. The lowest BCUT2D eigenvalue weighted by Gasteiger charge is -2.13. The molecule has 1 saturated heterocycles. The summed E-state index contributed by atoms with van der Waals surface area (Å²) in [7, 11) is 0. The molecule has 2 heterocycles. The lowest BCUT2D eigenvalue weighted by atomic mass is 10.1. The fourth-order valence-corrected chi connectivity index (χ4v) is 2.76. The second-order valence-electron chi connectivity index (χ2n) is 6.96. The third kappa shape index (κ3) is 8.87. The smallest absolute Gasteiger partial charge is 0.319 e. The molecule has 9 heteroatoms. The predicted octanol–water partition coefficient (Wildman–Crippen LogP) is 2.60. The first-order valence-electron chi connectivity index (χ1n) is 10.5. The second kappa shape index (κ2) is 14.5. The highest BCUT2D eigenvalue weighted by Crippen LogP contribution is 2.32. The molecule has 1 amide bonds. The minimum Gasteiger partial charge on any atom is -0.462 e. The number of hydrogen-bond acceptors (Lipinski definition) is 5. The third-order valence-corrected chi connectivity index (χ3v) is 4.17. The molecule has 30 heavy (non-hydrogen) atoms. The van der Waals surface area contributed by atoms with Gasteiger partial charge < -0.3 is 25.9 Å². The monoisotopic (exact) mass is 421 g/mol. The molecule has 0 bridgehead atoms. The van der Waals surface area contributed by atoms with Crippen LogP contribution in [0.3, 0.4) is 0 Å².